The Hall–Kier alpha value is -2.06. The predicted octanol–water partition coefficient (Wildman–Crippen LogP) is 5.17. The molecule has 1 aromatic rings. The van der Waals surface area contributed by atoms with Crippen molar-refractivity contribution in [3.63, 3.8) is 0 Å². The topological polar surface area (TPSA) is 77.1 Å². The van der Waals surface area contributed by atoms with Crippen molar-refractivity contribution in [2.24, 2.45) is 5.92 Å². The summed E-state index contributed by atoms with van der Waals surface area (Å²) in [6.45, 7) is 18.0. The van der Waals surface area contributed by atoms with E-state index in [2.05, 4.69) is 39.2 Å². The van der Waals surface area contributed by atoms with Crippen LogP contribution in [0.25, 0.3) is 0 Å². The summed E-state index contributed by atoms with van der Waals surface area (Å²) in [4.78, 5) is 26.6. The number of alkyl carbamates (subject to hydrolysis) is 1. The van der Waals surface area contributed by atoms with Gasteiger partial charge in [0.25, 0.3) is 0 Å². The van der Waals surface area contributed by atoms with Crippen molar-refractivity contribution in [2.75, 3.05) is 19.6 Å². The molecule has 7 nitrogen and oxygen atoms in total. The molecule has 1 saturated heterocycles. The zero-order valence-electron chi connectivity index (χ0n) is 20.9. The molecule has 1 N–H and O–H groups in total. The molecule has 0 radical (unpaired) electrons. The van der Waals surface area contributed by atoms with Gasteiger partial charge in [0.2, 0.25) is 0 Å². The first-order chi connectivity index (χ1) is 14.7. The normalized spacial score (nSPS) is 19.6. The first kappa shape index (κ1) is 26.2. The molecule has 2 amide bonds. The number of rotatable bonds is 6. The van der Waals surface area contributed by atoms with Crippen LogP contribution in [0.2, 0.25) is 18.1 Å². The van der Waals surface area contributed by atoms with E-state index in [-0.39, 0.29) is 29.8 Å². The molecule has 1 heterocycles. The second-order valence-electron chi connectivity index (χ2n) is 11.0. The van der Waals surface area contributed by atoms with Gasteiger partial charge in [0.1, 0.15) is 12.2 Å². The van der Waals surface area contributed by atoms with Crippen LogP contribution in [-0.2, 0) is 20.5 Å². The Labute approximate surface area is 193 Å². The van der Waals surface area contributed by atoms with Crippen molar-refractivity contribution in [2.45, 2.75) is 78.0 Å². The van der Waals surface area contributed by atoms with Gasteiger partial charge in [-0.3, -0.25) is 0 Å². The van der Waals surface area contributed by atoms with Gasteiger partial charge in [-0.25, -0.2) is 9.59 Å². The van der Waals surface area contributed by atoms with Gasteiger partial charge in [-0.05, 0) is 44.5 Å². The third-order valence-electron chi connectivity index (χ3n) is 6.01. The molecule has 32 heavy (non-hydrogen) atoms. The van der Waals surface area contributed by atoms with Crippen molar-refractivity contribution < 1.29 is 23.5 Å². The summed E-state index contributed by atoms with van der Waals surface area (Å²) in [6, 6.07) is 9.55. The van der Waals surface area contributed by atoms with Gasteiger partial charge in [0.05, 0.1) is 6.10 Å². The van der Waals surface area contributed by atoms with Crippen molar-refractivity contribution >= 4 is 20.5 Å². The van der Waals surface area contributed by atoms with Gasteiger partial charge in [-0.15, -0.1) is 0 Å². The first-order valence-corrected chi connectivity index (χ1v) is 14.2. The highest BCUT2D eigenvalue weighted by Gasteiger charge is 2.45. The fraction of sp³-hybridized carbons (Fsp3) is 0.667. The summed E-state index contributed by atoms with van der Waals surface area (Å²) in [6.07, 6.45) is -0.996. The Morgan fingerprint density at radius 3 is 2.25 bits per heavy atom. The van der Waals surface area contributed by atoms with Gasteiger partial charge in [-0.1, -0.05) is 51.1 Å². The predicted molar refractivity (Wildman–Crippen MR) is 128 cm³/mol. The number of ether oxygens (including phenoxy) is 2. The van der Waals surface area contributed by atoms with Gasteiger partial charge < -0.3 is 24.1 Å². The minimum Gasteiger partial charge on any atom is -0.445 e. The number of benzene rings is 1. The molecule has 8 heteroatoms. The number of hydrogen-bond acceptors (Lipinski definition) is 5. The van der Waals surface area contributed by atoms with Gasteiger partial charge >= 0.3 is 12.2 Å². The third-order valence-corrected chi connectivity index (χ3v) is 10.5. The largest absolute Gasteiger partial charge is 0.445 e. The molecule has 2 rings (SSSR count). The van der Waals surface area contributed by atoms with Crippen LogP contribution in [0.3, 0.4) is 0 Å². The van der Waals surface area contributed by atoms with Crippen molar-refractivity contribution in [3.05, 3.63) is 35.9 Å². The maximum Gasteiger partial charge on any atom is 0.410 e. The molecule has 0 spiro atoms. The van der Waals surface area contributed by atoms with E-state index in [0.29, 0.717) is 19.6 Å². The second kappa shape index (κ2) is 10.3. The summed E-state index contributed by atoms with van der Waals surface area (Å²) in [5.74, 6) is -0.0408. The standard InChI is InChI=1S/C24H40N2O5Si/c1-23(2,3)30-22(28)26-15-19(20(16-26)31-32(7,8)24(4,5)6)14-25-21(27)29-17-18-12-10-9-11-13-18/h9-13,19-20H,14-17H2,1-8H3,(H,25,27)/t19-,20+/m0/s1. The van der Waals surface area contributed by atoms with Crippen molar-refractivity contribution in [1.82, 2.24) is 10.2 Å². The van der Waals surface area contributed by atoms with E-state index in [1.54, 1.807) is 4.90 Å². The maximum absolute atomic E-state index is 12.7. The van der Waals surface area contributed by atoms with Crippen LogP contribution >= 0.6 is 0 Å². The number of nitrogens with one attached hydrogen (secondary N) is 1. The molecule has 0 unspecified atom stereocenters. The van der Waals surface area contributed by atoms with Crippen molar-refractivity contribution in [3.8, 4) is 0 Å². The average molecular weight is 465 g/mol. The molecule has 0 saturated carbocycles. The summed E-state index contributed by atoms with van der Waals surface area (Å²) in [5.41, 5.74) is 0.364. The fourth-order valence-corrected chi connectivity index (χ4v) is 4.57. The number of hydrogen-bond donors (Lipinski definition) is 1. The number of carbonyl (C=O) groups is 2. The number of amides is 2. The lowest BCUT2D eigenvalue weighted by atomic mass is 10.1. The van der Waals surface area contributed by atoms with E-state index >= 15 is 0 Å². The zero-order chi connectivity index (χ0) is 24.2. The quantitative estimate of drug-likeness (QED) is 0.588. The molecule has 0 bridgehead atoms. The lowest BCUT2D eigenvalue weighted by Crippen LogP contribution is -2.47. The van der Waals surface area contributed by atoms with Crippen LogP contribution in [0.1, 0.15) is 47.1 Å². The number of nitrogens with zero attached hydrogens (tertiary/aromatic N) is 1. The molecule has 180 valence electrons. The van der Waals surface area contributed by atoms with Crippen LogP contribution in [-0.4, -0.2) is 56.7 Å². The minimum absolute atomic E-state index is 0.0406. The van der Waals surface area contributed by atoms with Crippen LogP contribution < -0.4 is 5.32 Å². The zero-order valence-corrected chi connectivity index (χ0v) is 21.9. The van der Waals surface area contributed by atoms with E-state index < -0.39 is 20.0 Å². The average Bonchev–Trinajstić information content (AvgIpc) is 3.05. The fourth-order valence-electron chi connectivity index (χ4n) is 3.19. The molecule has 0 aliphatic carbocycles. The smallest absolute Gasteiger partial charge is 0.410 e. The van der Waals surface area contributed by atoms with Gasteiger partial charge in [0, 0.05) is 25.6 Å². The minimum atomic E-state index is -2.06. The summed E-state index contributed by atoms with van der Waals surface area (Å²) >= 11 is 0. The first-order valence-electron chi connectivity index (χ1n) is 11.3. The van der Waals surface area contributed by atoms with Crippen LogP contribution in [0.4, 0.5) is 9.59 Å². The van der Waals surface area contributed by atoms with E-state index in [0.717, 1.165) is 5.56 Å². The molecule has 1 aliphatic rings. The summed E-state index contributed by atoms with van der Waals surface area (Å²) in [7, 11) is -2.06. The Balaban J connectivity index is 2.01. The number of carbonyl (C=O) groups excluding carboxylic acids is 2. The number of likely N-dealkylation sites (tertiary alicyclic amines) is 1. The maximum atomic E-state index is 12.7. The highest BCUT2D eigenvalue weighted by atomic mass is 28.4. The van der Waals surface area contributed by atoms with Crippen LogP contribution in [0.15, 0.2) is 30.3 Å². The Bertz CT molecular complexity index is 771. The summed E-state index contributed by atoms with van der Waals surface area (Å²) in [5, 5.41) is 2.89. The molecule has 1 aromatic carbocycles. The van der Waals surface area contributed by atoms with E-state index in [1.165, 1.54) is 0 Å². The SMILES string of the molecule is CC(C)(C)OC(=O)N1C[C@H](CNC(=O)OCc2ccccc2)[C@H](O[Si](C)(C)C(C)(C)C)C1. The van der Waals surface area contributed by atoms with Gasteiger partial charge in [-0.2, -0.15) is 0 Å². The van der Waals surface area contributed by atoms with Gasteiger partial charge in [0.15, 0.2) is 8.32 Å². The highest BCUT2D eigenvalue weighted by Crippen LogP contribution is 2.39. The Morgan fingerprint density at radius 2 is 1.69 bits per heavy atom. The highest BCUT2D eigenvalue weighted by molar-refractivity contribution is 6.74. The molecule has 0 aromatic heterocycles. The van der Waals surface area contributed by atoms with E-state index in [9.17, 15) is 9.59 Å². The molecular formula is C24H40N2O5Si. The lowest BCUT2D eigenvalue weighted by molar-refractivity contribution is 0.0272. The molecule has 1 aliphatic heterocycles. The molecular weight excluding hydrogens is 424 g/mol. The lowest BCUT2D eigenvalue weighted by Gasteiger charge is -2.39. The van der Waals surface area contributed by atoms with Crippen molar-refractivity contribution in [1.29, 1.82) is 0 Å². The van der Waals surface area contributed by atoms with Crippen LogP contribution in [0.5, 0.6) is 0 Å². The van der Waals surface area contributed by atoms with E-state index in [4.69, 9.17) is 13.9 Å². The van der Waals surface area contributed by atoms with Crippen LogP contribution in [0, 0.1) is 5.92 Å². The molecule has 2 atom stereocenters. The summed E-state index contributed by atoms with van der Waals surface area (Å²) < 4.78 is 17.5. The Morgan fingerprint density at radius 1 is 1.06 bits per heavy atom. The van der Waals surface area contributed by atoms with E-state index in [1.807, 2.05) is 51.1 Å². The molecule has 1 fully saturated rings. The Kier molecular flexibility index (Phi) is 8.39. The monoisotopic (exact) mass is 464 g/mol. The second-order valence-corrected chi connectivity index (χ2v) is 15.8. The third kappa shape index (κ3) is 7.81.